The van der Waals surface area contributed by atoms with Crippen LogP contribution in [0.3, 0.4) is 0 Å². The van der Waals surface area contributed by atoms with Crippen LogP contribution < -0.4 is 16.0 Å². The Morgan fingerprint density at radius 2 is 2.00 bits per heavy atom. The van der Waals surface area contributed by atoms with E-state index in [0.29, 0.717) is 12.5 Å². The van der Waals surface area contributed by atoms with Crippen molar-refractivity contribution in [3.05, 3.63) is 43.0 Å². The van der Waals surface area contributed by atoms with Gasteiger partial charge in [0, 0.05) is 19.3 Å². The van der Waals surface area contributed by atoms with E-state index in [4.69, 9.17) is 0 Å². The van der Waals surface area contributed by atoms with Crippen LogP contribution in [-0.4, -0.2) is 32.0 Å². The molecule has 0 unspecified atom stereocenters. The van der Waals surface area contributed by atoms with Crippen molar-refractivity contribution >= 4 is 41.5 Å². The molecule has 1 amide bonds. The number of carbonyl (C=O) groups excluding carboxylic acids is 1. The van der Waals surface area contributed by atoms with Gasteiger partial charge in [-0.25, -0.2) is 0 Å². The fourth-order valence-corrected chi connectivity index (χ4v) is 1.28. The van der Waals surface area contributed by atoms with Gasteiger partial charge in [0.1, 0.15) is 0 Å². The second-order valence-corrected chi connectivity index (χ2v) is 3.51. The van der Waals surface area contributed by atoms with Crippen molar-refractivity contribution in [1.29, 1.82) is 0 Å². The summed E-state index contributed by atoms with van der Waals surface area (Å²) in [6, 6.07) is 9.31. The van der Waals surface area contributed by atoms with Gasteiger partial charge in [-0.1, -0.05) is 24.3 Å². The molecule has 0 aliphatic carbocycles. The van der Waals surface area contributed by atoms with Crippen molar-refractivity contribution < 1.29 is 4.79 Å². The first-order valence-electron chi connectivity index (χ1n) is 5.66. The van der Waals surface area contributed by atoms with Crippen molar-refractivity contribution in [2.75, 3.05) is 25.5 Å². The van der Waals surface area contributed by atoms with E-state index in [1.54, 1.807) is 13.1 Å². The molecule has 1 rings (SSSR count). The third-order valence-corrected chi connectivity index (χ3v) is 2.11. The molecule has 0 aliphatic heterocycles. The van der Waals surface area contributed by atoms with Gasteiger partial charge in [-0.3, -0.25) is 9.79 Å². The zero-order valence-electron chi connectivity index (χ0n) is 10.8. The number of halogens is 1. The lowest BCUT2D eigenvalue weighted by atomic mass is 10.3. The Morgan fingerprint density at radius 3 is 2.58 bits per heavy atom. The van der Waals surface area contributed by atoms with Gasteiger partial charge in [0.25, 0.3) is 0 Å². The van der Waals surface area contributed by atoms with Crippen LogP contribution in [0.1, 0.15) is 0 Å². The van der Waals surface area contributed by atoms with Gasteiger partial charge < -0.3 is 16.0 Å². The Bertz CT molecular complexity index is 420. The predicted molar refractivity (Wildman–Crippen MR) is 90.0 cm³/mol. The Balaban J connectivity index is 0.00000324. The van der Waals surface area contributed by atoms with Crippen molar-refractivity contribution in [1.82, 2.24) is 10.6 Å². The highest BCUT2D eigenvalue weighted by atomic mass is 127. The summed E-state index contributed by atoms with van der Waals surface area (Å²) in [5.41, 5.74) is 0.776. The summed E-state index contributed by atoms with van der Waals surface area (Å²) in [5, 5.41) is 8.66. The van der Waals surface area contributed by atoms with Gasteiger partial charge >= 0.3 is 0 Å². The molecule has 1 aromatic rings. The molecule has 0 saturated heterocycles. The highest BCUT2D eigenvalue weighted by molar-refractivity contribution is 14.0. The van der Waals surface area contributed by atoms with Crippen LogP contribution in [0.15, 0.2) is 48.0 Å². The smallest absolute Gasteiger partial charge is 0.243 e. The number of guanidine groups is 1. The van der Waals surface area contributed by atoms with E-state index in [0.717, 1.165) is 5.69 Å². The lowest BCUT2D eigenvalue weighted by molar-refractivity contribution is -0.115. The van der Waals surface area contributed by atoms with Gasteiger partial charge in [0.05, 0.1) is 6.54 Å². The average Bonchev–Trinajstić information content (AvgIpc) is 2.40. The fourth-order valence-electron chi connectivity index (χ4n) is 1.28. The molecule has 0 aromatic heterocycles. The maximum atomic E-state index is 11.6. The van der Waals surface area contributed by atoms with Crippen LogP contribution in [0.2, 0.25) is 0 Å². The largest absolute Gasteiger partial charge is 0.353 e. The summed E-state index contributed by atoms with van der Waals surface area (Å²) in [4.78, 5) is 15.6. The third-order valence-electron chi connectivity index (χ3n) is 2.11. The average molecular weight is 374 g/mol. The number of anilines is 1. The van der Waals surface area contributed by atoms with Gasteiger partial charge in [-0.05, 0) is 12.1 Å². The van der Waals surface area contributed by atoms with Crippen molar-refractivity contribution in [3.63, 3.8) is 0 Å². The van der Waals surface area contributed by atoms with Crippen LogP contribution in [0, 0.1) is 0 Å². The van der Waals surface area contributed by atoms with Crippen LogP contribution in [0.25, 0.3) is 0 Å². The molecule has 6 heteroatoms. The van der Waals surface area contributed by atoms with Gasteiger partial charge in [0.2, 0.25) is 5.91 Å². The highest BCUT2D eigenvalue weighted by Gasteiger charge is 2.02. The summed E-state index contributed by atoms with van der Waals surface area (Å²) in [6.07, 6.45) is 1.72. The molecular weight excluding hydrogens is 355 g/mol. The summed E-state index contributed by atoms with van der Waals surface area (Å²) in [7, 11) is 1.65. The van der Waals surface area contributed by atoms with E-state index in [1.807, 2.05) is 30.3 Å². The van der Waals surface area contributed by atoms with E-state index in [9.17, 15) is 4.79 Å². The molecule has 0 saturated carbocycles. The van der Waals surface area contributed by atoms with Gasteiger partial charge in [0.15, 0.2) is 5.96 Å². The Kier molecular flexibility index (Phi) is 9.51. The lowest BCUT2D eigenvalue weighted by Gasteiger charge is -2.10. The number of para-hydroxylation sites is 1. The minimum Gasteiger partial charge on any atom is -0.353 e. The van der Waals surface area contributed by atoms with E-state index in [1.165, 1.54) is 0 Å². The van der Waals surface area contributed by atoms with Crippen LogP contribution in [0.4, 0.5) is 5.69 Å². The summed E-state index contributed by atoms with van der Waals surface area (Å²) >= 11 is 0. The number of hydrogen-bond acceptors (Lipinski definition) is 2. The Labute approximate surface area is 130 Å². The third kappa shape index (κ3) is 7.45. The van der Waals surface area contributed by atoms with Gasteiger partial charge in [-0.15, -0.1) is 30.6 Å². The number of nitrogens with one attached hydrogen (secondary N) is 3. The zero-order chi connectivity index (χ0) is 13.2. The van der Waals surface area contributed by atoms with Crippen molar-refractivity contribution in [2.24, 2.45) is 4.99 Å². The quantitative estimate of drug-likeness (QED) is 0.318. The minimum atomic E-state index is -0.122. The SMILES string of the molecule is C=CCNC(=NC)NCC(=O)Nc1ccccc1.I. The molecule has 0 atom stereocenters. The summed E-state index contributed by atoms with van der Waals surface area (Å²) in [5.74, 6) is 0.445. The van der Waals surface area contributed by atoms with Crippen LogP contribution in [0.5, 0.6) is 0 Å². The summed E-state index contributed by atoms with van der Waals surface area (Å²) in [6.45, 7) is 4.35. The molecule has 104 valence electrons. The van der Waals surface area contributed by atoms with Crippen LogP contribution >= 0.6 is 24.0 Å². The maximum absolute atomic E-state index is 11.6. The molecule has 0 fully saturated rings. The standard InChI is InChI=1S/C13H18N4O.HI/c1-3-9-15-13(14-2)16-10-12(18)17-11-7-5-4-6-8-11;/h3-8H,1,9-10H2,2H3,(H,17,18)(H2,14,15,16);1H. The highest BCUT2D eigenvalue weighted by Crippen LogP contribution is 2.03. The molecule has 3 N–H and O–H groups in total. The van der Waals surface area contributed by atoms with E-state index in [2.05, 4.69) is 27.5 Å². The number of hydrogen-bond donors (Lipinski definition) is 3. The first-order valence-corrected chi connectivity index (χ1v) is 5.66. The number of nitrogens with zero attached hydrogens (tertiary/aromatic N) is 1. The number of carbonyl (C=O) groups is 1. The molecular formula is C13H19IN4O. The summed E-state index contributed by atoms with van der Waals surface area (Å²) < 4.78 is 0. The molecule has 1 aromatic carbocycles. The normalized spacial score (nSPS) is 10.1. The molecule has 19 heavy (non-hydrogen) atoms. The predicted octanol–water partition coefficient (Wildman–Crippen LogP) is 1.59. The molecule has 5 nitrogen and oxygen atoms in total. The van der Waals surface area contributed by atoms with Gasteiger partial charge in [-0.2, -0.15) is 0 Å². The molecule has 0 spiro atoms. The van der Waals surface area contributed by atoms with E-state index < -0.39 is 0 Å². The first-order chi connectivity index (χ1) is 8.76. The topological polar surface area (TPSA) is 65.5 Å². The van der Waals surface area contributed by atoms with Crippen molar-refractivity contribution in [3.8, 4) is 0 Å². The maximum Gasteiger partial charge on any atom is 0.243 e. The van der Waals surface area contributed by atoms with E-state index in [-0.39, 0.29) is 36.4 Å². The number of amides is 1. The van der Waals surface area contributed by atoms with Crippen LogP contribution in [-0.2, 0) is 4.79 Å². The zero-order valence-corrected chi connectivity index (χ0v) is 13.2. The number of aliphatic imine (C=N–C) groups is 1. The van der Waals surface area contributed by atoms with E-state index >= 15 is 0 Å². The lowest BCUT2D eigenvalue weighted by Crippen LogP contribution is -2.41. The molecule has 0 aliphatic rings. The first kappa shape index (κ1) is 17.4. The second-order valence-electron chi connectivity index (χ2n) is 3.51. The number of rotatable bonds is 5. The minimum absolute atomic E-state index is 0. The fraction of sp³-hybridized carbons (Fsp3) is 0.231. The Hall–Kier alpha value is -1.57. The second kappa shape index (κ2) is 10.4. The Morgan fingerprint density at radius 1 is 1.32 bits per heavy atom. The number of benzene rings is 1. The molecule has 0 heterocycles. The molecule has 0 bridgehead atoms. The molecule has 0 radical (unpaired) electrons. The van der Waals surface area contributed by atoms with Crippen molar-refractivity contribution in [2.45, 2.75) is 0 Å². The monoisotopic (exact) mass is 374 g/mol.